The van der Waals surface area contributed by atoms with Gasteiger partial charge < -0.3 is 0 Å². The standard InChI is InChI=1S/C3H4N3O2/c7-2-1-4-6-5-3(2)8/h6H,1H2,(H,5,8). The highest BCUT2D eigenvalue weighted by Gasteiger charge is 2.16. The van der Waals surface area contributed by atoms with Crippen molar-refractivity contribution in [2.75, 3.05) is 6.54 Å². The number of carbonyl (C=O) groups excluding carboxylic acids is 2. The Morgan fingerprint density at radius 1 is 1.50 bits per heavy atom. The first-order valence-corrected chi connectivity index (χ1v) is 2.05. The second-order valence-corrected chi connectivity index (χ2v) is 1.31. The van der Waals surface area contributed by atoms with E-state index in [9.17, 15) is 9.59 Å². The molecule has 0 spiro atoms. The van der Waals surface area contributed by atoms with E-state index in [1.165, 1.54) is 0 Å². The number of hydrogen-bond donors (Lipinski definition) is 2. The SMILES string of the molecule is O=C1C[N]NNC1=O. The van der Waals surface area contributed by atoms with Gasteiger partial charge in [-0.25, -0.2) is 0 Å². The zero-order chi connectivity index (χ0) is 5.98. The summed E-state index contributed by atoms with van der Waals surface area (Å²) in [6, 6.07) is 0. The molecular weight excluding hydrogens is 110 g/mol. The van der Waals surface area contributed by atoms with Gasteiger partial charge in [-0.2, -0.15) is 5.53 Å². The van der Waals surface area contributed by atoms with Gasteiger partial charge >= 0.3 is 5.91 Å². The summed E-state index contributed by atoms with van der Waals surface area (Å²) in [7, 11) is 0. The third kappa shape index (κ3) is 0.824. The number of hydrazine groups is 1. The lowest BCUT2D eigenvalue weighted by Crippen LogP contribution is -2.54. The van der Waals surface area contributed by atoms with Crippen molar-refractivity contribution in [2.24, 2.45) is 0 Å². The summed E-state index contributed by atoms with van der Waals surface area (Å²) in [6.45, 7) is -0.0637. The van der Waals surface area contributed by atoms with E-state index in [4.69, 9.17) is 0 Å². The van der Waals surface area contributed by atoms with Crippen molar-refractivity contribution in [1.82, 2.24) is 16.4 Å². The monoisotopic (exact) mass is 114 g/mol. The van der Waals surface area contributed by atoms with E-state index < -0.39 is 11.7 Å². The molecule has 1 amide bonds. The maximum atomic E-state index is 10.2. The lowest BCUT2D eigenvalue weighted by atomic mass is 10.4. The van der Waals surface area contributed by atoms with Crippen LogP contribution < -0.4 is 16.4 Å². The van der Waals surface area contributed by atoms with Crippen LogP contribution in [0.2, 0.25) is 0 Å². The number of carbonyl (C=O) groups is 2. The van der Waals surface area contributed by atoms with Gasteiger partial charge in [0.05, 0.1) is 0 Å². The van der Waals surface area contributed by atoms with Gasteiger partial charge in [-0.1, -0.05) is 0 Å². The van der Waals surface area contributed by atoms with Crippen LogP contribution in [-0.2, 0) is 9.59 Å². The van der Waals surface area contributed by atoms with Crippen LogP contribution in [0.1, 0.15) is 0 Å². The molecule has 0 aromatic rings. The van der Waals surface area contributed by atoms with Gasteiger partial charge in [0.1, 0.15) is 6.54 Å². The van der Waals surface area contributed by atoms with Gasteiger partial charge in [0.2, 0.25) is 5.78 Å². The largest absolute Gasteiger partial charge is 0.304 e. The molecule has 1 heterocycles. The first kappa shape index (κ1) is 5.20. The van der Waals surface area contributed by atoms with Crippen LogP contribution in [0.15, 0.2) is 0 Å². The van der Waals surface area contributed by atoms with E-state index in [2.05, 4.69) is 11.0 Å². The van der Waals surface area contributed by atoms with Crippen molar-refractivity contribution in [3.05, 3.63) is 0 Å². The third-order valence-corrected chi connectivity index (χ3v) is 0.724. The maximum absolute atomic E-state index is 10.2. The molecule has 1 fully saturated rings. The summed E-state index contributed by atoms with van der Waals surface area (Å²) in [5.41, 5.74) is 7.57. The minimum Gasteiger partial charge on any atom is -0.287 e. The fourth-order valence-corrected chi connectivity index (χ4v) is 0.343. The fraction of sp³-hybridized carbons (Fsp3) is 0.333. The molecule has 1 aliphatic rings. The third-order valence-electron chi connectivity index (χ3n) is 0.724. The molecule has 43 valence electrons. The Hall–Kier alpha value is -0.940. The normalized spacial score (nSPS) is 20.5. The highest BCUT2D eigenvalue weighted by Crippen LogP contribution is 1.73. The summed E-state index contributed by atoms with van der Waals surface area (Å²) in [4.78, 5) is 20.5. The Bertz CT molecular complexity index is 116. The second-order valence-electron chi connectivity index (χ2n) is 1.31. The van der Waals surface area contributed by atoms with Gasteiger partial charge in [-0.3, -0.25) is 15.0 Å². The lowest BCUT2D eigenvalue weighted by molar-refractivity contribution is -0.140. The van der Waals surface area contributed by atoms with Crippen molar-refractivity contribution in [3.8, 4) is 0 Å². The Balaban J connectivity index is 2.52. The molecule has 1 radical (unpaired) electrons. The second kappa shape index (κ2) is 1.89. The van der Waals surface area contributed by atoms with Crippen molar-refractivity contribution in [1.29, 1.82) is 0 Å². The Morgan fingerprint density at radius 2 is 2.25 bits per heavy atom. The van der Waals surface area contributed by atoms with Crippen LogP contribution in [0.3, 0.4) is 0 Å². The molecule has 0 bridgehead atoms. The molecule has 5 heteroatoms. The zero-order valence-corrected chi connectivity index (χ0v) is 3.97. The van der Waals surface area contributed by atoms with Crippen LogP contribution >= 0.6 is 0 Å². The molecule has 0 atom stereocenters. The van der Waals surface area contributed by atoms with Gasteiger partial charge in [0.25, 0.3) is 0 Å². The van der Waals surface area contributed by atoms with Crippen molar-refractivity contribution < 1.29 is 9.59 Å². The number of nitrogens with one attached hydrogen (secondary N) is 2. The smallest absolute Gasteiger partial charge is 0.287 e. The van der Waals surface area contributed by atoms with Crippen LogP contribution in [0.25, 0.3) is 0 Å². The molecule has 1 aliphatic heterocycles. The Labute approximate surface area is 45.4 Å². The summed E-state index contributed by atoms with van der Waals surface area (Å²) in [6.07, 6.45) is 0. The van der Waals surface area contributed by atoms with Gasteiger partial charge in [-0.05, 0) is 0 Å². The summed E-state index contributed by atoms with van der Waals surface area (Å²) in [5, 5.41) is 0. The topological polar surface area (TPSA) is 72.3 Å². The van der Waals surface area contributed by atoms with Gasteiger partial charge in [0.15, 0.2) is 0 Å². The van der Waals surface area contributed by atoms with E-state index in [1.807, 2.05) is 5.43 Å². The average Bonchev–Trinajstić information content (AvgIpc) is 1.77. The number of Topliss-reactive ketones (excluding diaryl/α,β-unsaturated/α-hetero) is 1. The van der Waals surface area contributed by atoms with Crippen LogP contribution in [0, 0.1) is 0 Å². The van der Waals surface area contributed by atoms with E-state index in [0.29, 0.717) is 0 Å². The van der Waals surface area contributed by atoms with Crippen LogP contribution in [0.5, 0.6) is 0 Å². The lowest BCUT2D eigenvalue weighted by Gasteiger charge is -2.09. The molecule has 1 rings (SSSR count). The van der Waals surface area contributed by atoms with Crippen molar-refractivity contribution in [2.45, 2.75) is 0 Å². The summed E-state index contributed by atoms with van der Waals surface area (Å²) < 4.78 is 0. The highest BCUT2D eigenvalue weighted by molar-refractivity contribution is 6.37. The van der Waals surface area contributed by atoms with E-state index in [0.717, 1.165) is 0 Å². The molecule has 2 N–H and O–H groups in total. The molecule has 0 unspecified atom stereocenters. The minimum absolute atomic E-state index is 0.0637. The number of amides is 1. The molecule has 0 aromatic carbocycles. The minimum atomic E-state index is -0.625. The quantitative estimate of drug-likeness (QED) is 0.348. The highest BCUT2D eigenvalue weighted by atomic mass is 16.2. The number of rotatable bonds is 0. The molecule has 0 saturated carbocycles. The maximum Gasteiger partial charge on any atom is 0.304 e. The molecular formula is C3H4N3O2. The number of nitrogens with zero attached hydrogens (tertiary/aromatic N) is 1. The van der Waals surface area contributed by atoms with Crippen LogP contribution in [0.4, 0.5) is 0 Å². The molecule has 0 aliphatic carbocycles. The molecule has 0 aromatic heterocycles. The Kier molecular flexibility index (Phi) is 1.23. The van der Waals surface area contributed by atoms with E-state index >= 15 is 0 Å². The average molecular weight is 114 g/mol. The Morgan fingerprint density at radius 3 is 2.62 bits per heavy atom. The van der Waals surface area contributed by atoms with Crippen molar-refractivity contribution in [3.63, 3.8) is 0 Å². The fourth-order valence-electron chi connectivity index (χ4n) is 0.343. The number of ketones is 1. The number of hydrogen-bond acceptors (Lipinski definition) is 3. The zero-order valence-electron chi connectivity index (χ0n) is 3.97. The molecule has 5 nitrogen and oxygen atoms in total. The van der Waals surface area contributed by atoms with Gasteiger partial charge in [0, 0.05) is 0 Å². The van der Waals surface area contributed by atoms with Crippen LogP contribution in [-0.4, -0.2) is 18.2 Å². The summed E-state index contributed by atoms with van der Waals surface area (Å²) >= 11 is 0. The predicted molar refractivity (Wildman–Crippen MR) is 23.3 cm³/mol. The van der Waals surface area contributed by atoms with Gasteiger partial charge in [-0.15, -0.1) is 5.43 Å². The van der Waals surface area contributed by atoms with E-state index in [-0.39, 0.29) is 6.54 Å². The predicted octanol–water partition coefficient (Wildman–Crippen LogP) is -2.29. The van der Waals surface area contributed by atoms with Crippen molar-refractivity contribution >= 4 is 11.7 Å². The first-order valence-electron chi connectivity index (χ1n) is 2.05. The molecule has 8 heavy (non-hydrogen) atoms. The first-order chi connectivity index (χ1) is 3.80. The van der Waals surface area contributed by atoms with E-state index in [1.54, 1.807) is 0 Å². The molecule has 1 saturated heterocycles. The summed E-state index contributed by atoms with van der Waals surface area (Å²) in [5.74, 6) is -1.14.